The monoisotopic (exact) mass is 409 g/mol. The second-order valence-corrected chi connectivity index (χ2v) is 7.79. The minimum Gasteiger partial charge on any atom is -0.423 e. The summed E-state index contributed by atoms with van der Waals surface area (Å²) in [4.78, 5) is 29.5. The number of hydrogen-bond acceptors (Lipinski definition) is 7. The van der Waals surface area contributed by atoms with Gasteiger partial charge in [-0.05, 0) is 43.0 Å². The van der Waals surface area contributed by atoms with Crippen molar-refractivity contribution >= 4 is 44.4 Å². The van der Waals surface area contributed by atoms with E-state index in [2.05, 4.69) is 4.90 Å². The average molecular weight is 409 g/mol. The normalized spacial score (nSPS) is 14.4. The number of esters is 1. The van der Waals surface area contributed by atoms with Crippen molar-refractivity contribution in [3.63, 3.8) is 0 Å². The number of rotatable bonds is 5. The number of non-ortho nitro benzene ring substituents is 1. The van der Waals surface area contributed by atoms with Crippen molar-refractivity contribution in [2.75, 3.05) is 18.0 Å². The molecule has 7 nitrogen and oxygen atoms in total. The summed E-state index contributed by atoms with van der Waals surface area (Å²) in [6.07, 6.45) is 6.40. The first-order valence-corrected chi connectivity index (χ1v) is 10.2. The number of aromatic nitrogens is 1. The van der Waals surface area contributed by atoms with Crippen molar-refractivity contribution in [3.05, 3.63) is 64.2 Å². The van der Waals surface area contributed by atoms with Crippen LogP contribution in [0.1, 0.15) is 24.8 Å². The molecule has 148 valence electrons. The number of fused-ring (bicyclic) bond motifs is 1. The average Bonchev–Trinajstić information content (AvgIpc) is 3.16. The number of nitro benzene ring substituents is 1. The van der Waals surface area contributed by atoms with E-state index in [4.69, 9.17) is 9.72 Å². The van der Waals surface area contributed by atoms with Gasteiger partial charge in [-0.3, -0.25) is 10.1 Å². The van der Waals surface area contributed by atoms with Crippen LogP contribution in [0.3, 0.4) is 0 Å². The van der Waals surface area contributed by atoms with Crippen LogP contribution in [-0.4, -0.2) is 29.0 Å². The van der Waals surface area contributed by atoms with E-state index in [0.29, 0.717) is 11.3 Å². The molecule has 1 saturated heterocycles. The number of benzene rings is 2. The standard InChI is InChI=1S/C21H19N3O4S/c25-20(10-7-15-5-4-6-16(13-15)24(26)27)28-17-8-9-18-19(14-17)29-21(22-18)23-11-2-1-3-12-23/h4-10,13-14H,1-3,11-12H2. The molecule has 3 aromatic rings. The molecule has 0 unspecified atom stereocenters. The fraction of sp³-hybridized carbons (Fsp3) is 0.238. The largest absolute Gasteiger partial charge is 0.423 e. The smallest absolute Gasteiger partial charge is 0.336 e. The Bertz CT molecular complexity index is 1090. The molecule has 8 heteroatoms. The molecule has 0 atom stereocenters. The zero-order valence-corrected chi connectivity index (χ0v) is 16.4. The summed E-state index contributed by atoms with van der Waals surface area (Å²) in [6.45, 7) is 2.06. The lowest BCUT2D eigenvalue weighted by Gasteiger charge is -2.25. The Morgan fingerprint density at radius 2 is 2.00 bits per heavy atom. The lowest BCUT2D eigenvalue weighted by molar-refractivity contribution is -0.384. The first-order valence-electron chi connectivity index (χ1n) is 9.38. The summed E-state index contributed by atoms with van der Waals surface area (Å²) < 4.78 is 6.35. The van der Waals surface area contributed by atoms with E-state index < -0.39 is 10.9 Å². The Balaban J connectivity index is 1.45. The van der Waals surface area contributed by atoms with Crippen LogP contribution in [-0.2, 0) is 4.79 Å². The minimum atomic E-state index is -0.545. The molecule has 0 amide bonds. The Hall–Kier alpha value is -3.26. The van der Waals surface area contributed by atoms with Crippen LogP contribution in [0.5, 0.6) is 5.75 Å². The topological polar surface area (TPSA) is 85.6 Å². The summed E-state index contributed by atoms with van der Waals surface area (Å²) in [5, 5.41) is 11.8. The van der Waals surface area contributed by atoms with Gasteiger partial charge in [-0.15, -0.1) is 0 Å². The third-order valence-electron chi connectivity index (χ3n) is 4.69. The number of nitrogens with zero attached hydrogens (tertiary/aromatic N) is 3. The molecule has 1 fully saturated rings. The zero-order chi connectivity index (χ0) is 20.2. The van der Waals surface area contributed by atoms with E-state index in [1.807, 2.05) is 12.1 Å². The lowest BCUT2D eigenvalue weighted by atomic mass is 10.1. The molecule has 2 aromatic carbocycles. The number of carbonyl (C=O) groups excluding carboxylic acids is 1. The van der Waals surface area contributed by atoms with Gasteiger partial charge in [0.2, 0.25) is 0 Å². The van der Waals surface area contributed by atoms with Crippen molar-refractivity contribution < 1.29 is 14.5 Å². The Morgan fingerprint density at radius 1 is 1.17 bits per heavy atom. The van der Waals surface area contributed by atoms with E-state index in [0.717, 1.165) is 28.4 Å². The van der Waals surface area contributed by atoms with E-state index in [-0.39, 0.29) is 5.69 Å². The molecule has 1 aromatic heterocycles. The molecule has 2 heterocycles. The van der Waals surface area contributed by atoms with Gasteiger partial charge in [0.15, 0.2) is 5.13 Å². The molecule has 0 saturated carbocycles. The zero-order valence-electron chi connectivity index (χ0n) is 15.6. The molecule has 4 rings (SSSR count). The number of anilines is 1. The van der Waals surface area contributed by atoms with Gasteiger partial charge in [-0.1, -0.05) is 23.5 Å². The Morgan fingerprint density at radius 3 is 2.79 bits per heavy atom. The molecule has 0 spiro atoms. The van der Waals surface area contributed by atoms with Gasteiger partial charge in [-0.25, -0.2) is 9.78 Å². The molecule has 29 heavy (non-hydrogen) atoms. The van der Waals surface area contributed by atoms with Crippen LogP contribution in [0, 0.1) is 10.1 Å². The number of piperidine rings is 1. The second-order valence-electron chi connectivity index (χ2n) is 6.78. The molecule has 0 radical (unpaired) electrons. The summed E-state index contributed by atoms with van der Waals surface area (Å²) in [5.74, 6) is -0.100. The fourth-order valence-corrected chi connectivity index (χ4v) is 4.28. The van der Waals surface area contributed by atoms with E-state index in [1.54, 1.807) is 29.5 Å². The summed E-state index contributed by atoms with van der Waals surface area (Å²) in [6, 6.07) is 11.4. The van der Waals surface area contributed by atoms with Gasteiger partial charge in [-0.2, -0.15) is 0 Å². The van der Waals surface area contributed by atoms with Crippen LogP contribution in [0.15, 0.2) is 48.5 Å². The van der Waals surface area contributed by atoms with Gasteiger partial charge in [0.25, 0.3) is 5.69 Å². The second kappa shape index (κ2) is 8.40. The number of hydrogen-bond donors (Lipinski definition) is 0. The maximum absolute atomic E-state index is 12.1. The van der Waals surface area contributed by atoms with Crippen molar-refractivity contribution in [1.29, 1.82) is 0 Å². The Labute approximate surface area is 171 Å². The van der Waals surface area contributed by atoms with Crippen LogP contribution < -0.4 is 9.64 Å². The van der Waals surface area contributed by atoms with Crippen LogP contribution in [0.2, 0.25) is 0 Å². The summed E-state index contributed by atoms with van der Waals surface area (Å²) >= 11 is 1.60. The third-order valence-corrected chi connectivity index (χ3v) is 5.77. The third kappa shape index (κ3) is 4.60. The summed E-state index contributed by atoms with van der Waals surface area (Å²) in [7, 11) is 0. The minimum absolute atomic E-state index is 0.0272. The number of thiazole rings is 1. The van der Waals surface area contributed by atoms with Crippen LogP contribution >= 0.6 is 11.3 Å². The molecule has 0 N–H and O–H groups in total. The number of carbonyl (C=O) groups is 1. The van der Waals surface area contributed by atoms with Crippen molar-refractivity contribution in [2.24, 2.45) is 0 Å². The van der Waals surface area contributed by atoms with Crippen molar-refractivity contribution in [2.45, 2.75) is 19.3 Å². The molecule has 1 aliphatic rings. The number of nitro groups is 1. The quantitative estimate of drug-likeness (QED) is 0.198. The molecular weight excluding hydrogens is 390 g/mol. The highest BCUT2D eigenvalue weighted by Crippen LogP contribution is 2.32. The molecule has 1 aliphatic heterocycles. The molecule has 0 bridgehead atoms. The van der Waals surface area contributed by atoms with E-state index >= 15 is 0 Å². The summed E-state index contributed by atoms with van der Waals surface area (Å²) in [5.41, 5.74) is 1.42. The van der Waals surface area contributed by atoms with Crippen molar-refractivity contribution in [1.82, 2.24) is 4.98 Å². The predicted octanol–water partition coefficient (Wildman–Crippen LogP) is 4.81. The van der Waals surface area contributed by atoms with Gasteiger partial charge in [0, 0.05) is 37.4 Å². The van der Waals surface area contributed by atoms with Crippen LogP contribution in [0.4, 0.5) is 10.8 Å². The predicted molar refractivity (Wildman–Crippen MR) is 113 cm³/mol. The lowest BCUT2D eigenvalue weighted by Crippen LogP contribution is -2.29. The van der Waals surface area contributed by atoms with Gasteiger partial charge < -0.3 is 9.64 Å². The Kier molecular flexibility index (Phi) is 5.53. The van der Waals surface area contributed by atoms with Gasteiger partial charge in [0.1, 0.15) is 5.75 Å². The molecule has 0 aliphatic carbocycles. The van der Waals surface area contributed by atoms with E-state index in [1.165, 1.54) is 43.5 Å². The SMILES string of the molecule is O=C(C=Cc1cccc([N+](=O)[O-])c1)Oc1ccc2nc(N3CCCCC3)sc2c1. The van der Waals surface area contributed by atoms with Crippen LogP contribution in [0.25, 0.3) is 16.3 Å². The number of ether oxygens (including phenoxy) is 1. The maximum atomic E-state index is 12.1. The first kappa shape index (κ1) is 19.1. The van der Waals surface area contributed by atoms with Gasteiger partial charge in [0.05, 0.1) is 15.1 Å². The highest BCUT2D eigenvalue weighted by molar-refractivity contribution is 7.22. The van der Waals surface area contributed by atoms with Gasteiger partial charge >= 0.3 is 5.97 Å². The fourth-order valence-electron chi connectivity index (χ4n) is 3.23. The maximum Gasteiger partial charge on any atom is 0.336 e. The van der Waals surface area contributed by atoms with Crippen molar-refractivity contribution in [3.8, 4) is 5.75 Å². The first-order chi connectivity index (χ1) is 14.1. The highest BCUT2D eigenvalue weighted by atomic mass is 32.1. The van der Waals surface area contributed by atoms with E-state index in [9.17, 15) is 14.9 Å². The highest BCUT2D eigenvalue weighted by Gasteiger charge is 2.15. The molecular formula is C21H19N3O4S.